The molecule has 0 bridgehead atoms. The highest BCUT2D eigenvalue weighted by Gasteiger charge is 2.29. The quantitative estimate of drug-likeness (QED) is 0.466. The Kier molecular flexibility index (Phi) is 5.62. The topological polar surface area (TPSA) is 102 Å². The van der Waals surface area contributed by atoms with Crippen LogP contribution < -0.4 is 10.2 Å². The molecular weight excluding hydrogens is 350 g/mol. The molecule has 2 atom stereocenters. The highest BCUT2D eigenvalue weighted by atomic mass is 16.6. The average Bonchev–Trinajstić information content (AvgIpc) is 3.45. The molecule has 27 heavy (non-hydrogen) atoms. The zero-order valence-electron chi connectivity index (χ0n) is 15.6. The summed E-state index contributed by atoms with van der Waals surface area (Å²) in [4.78, 5) is 37.3. The Morgan fingerprint density at radius 3 is 2.70 bits per heavy atom. The van der Waals surface area contributed by atoms with Gasteiger partial charge in [0, 0.05) is 25.2 Å². The van der Waals surface area contributed by atoms with Gasteiger partial charge in [-0.1, -0.05) is 6.92 Å². The summed E-state index contributed by atoms with van der Waals surface area (Å²) in [6.07, 6.45) is 3.02. The fourth-order valence-electron chi connectivity index (χ4n) is 3.30. The van der Waals surface area contributed by atoms with Crippen LogP contribution in [0.25, 0.3) is 0 Å². The Bertz CT molecular complexity index is 747. The van der Waals surface area contributed by atoms with Crippen molar-refractivity contribution < 1.29 is 19.2 Å². The predicted octanol–water partition coefficient (Wildman–Crippen LogP) is 2.66. The highest BCUT2D eigenvalue weighted by molar-refractivity contribution is 5.93. The molecule has 1 amide bonds. The summed E-state index contributed by atoms with van der Waals surface area (Å²) in [5.41, 5.74) is 0.470. The molecular formula is C19H25N3O5. The third-order valence-electron chi connectivity index (χ3n) is 4.98. The van der Waals surface area contributed by atoms with Gasteiger partial charge in [-0.25, -0.2) is 4.79 Å². The first-order valence-electron chi connectivity index (χ1n) is 9.40. The standard InChI is InChI=1S/C19H25N3O5/c1-12-4-3-9-21(11-12)16-8-5-14(10-17(16)22(25)26)19(24)27-13(2)18(23)20-15-6-7-15/h5,8,10,12-13,15H,3-4,6-7,9,11H2,1-2H3,(H,20,23)/t12-,13+/m1/s1. The van der Waals surface area contributed by atoms with Crippen molar-refractivity contribution >= 4 is 23.3 Å². The fraction of sp³-hybridized carbons (Fsp3) is 0.579. The summed E-state index contributed by atoms with van der Waals surface area (Å²) in [7, 11) is 0. The Labute approximate surface area is 158 Å². The van der Waals surface area contributed by atoms with Crippen LogP contribution in [-0.4, -0.2) is 42.0 Å². The second kappa shape index (κ2) is 7.94. The van der Waals surface area contributed by atoms with Gasteiger partial charge in [0.25, 0.3) is 11.6 Å². The summed E-state index contributed by atoms with van der Waals surface area (Å²) in [5.74, 6) is -0.622. The number of nitro groups is 1. The van der Waals surface area contributed by atoms with Crippen LogP contribution >= 0.6 is 0 Å². The molecule has 1 N–H and O–H groups in total. The summed E-state index contributed by atoms with van der Waals surface area (Å²) < 4.78 is 5.18. The number of carbonyl (C=O) groups excluding carboxylic acids is 2. The number of nitro benzene ring substituents is 1. The maximum atomic E-state index is 12.3. The zero-order valence-corrected chi connectivity index (χ0v) is 15.6. The summed E-state index contributed by atoms with van der Waals surface area (Å²) in [6, 6.07) is 4.53. The Balaban J connectivity index is 1.73. The van der Waals surface area contributed by atoms with E-state index in [-0.39, 0.29) is 23.2 Å². The van der Waals surface area contributed by atoms with Gasteiger partial charge in [0.2, 0.25) is 0 Å². The minimum Gasteiger partial charge on any atom is -0.449 e. The molecule has 1 saturated carbocycles. The molecule has 2 fully saturated rings. The van der Waals surface area contributed by atoms with Gasteiger partial charge in [-0.05, 0) is 50.7 Å². The molecule has 2 aliphatic rings. The van der Waals surface area contributed by atoms with Crippen LogP contribution in [0.1, 0.15) is 49.9 Å². The first-order valence-corrected chi connectivity index (χ1v) is 9.40. The van der Waals surface area contributed by atoms with Gasteiger partial charge < -0.3 is 15.0 Å². The monoisotopic (exact) mass is 375 g/mol. The maximum Gasteiger partial charge on any atom is 0.339 e. The molecule has 146 valence electrons. The summed E-state index contributed by atoms with van der Waals surface area (Å²) in [5, 5.41) is 14.3. The van der Waals surface area contributed by atoms with E-state index in [4.69, 9.17) is 4.74 Å². The van der Waals surface area contributed by atoms with Crippen molar-refractivity contribution in [1.82, 2.24) is 5.32 Å². The van der Waals surface area contributed by atoms with Crippen LogP contribution in [0.15, 0.2) is 18.2 Å². The van der Waals surface area contributed by atoms with Gasteiger partial charge in [-0.15, -0.1) is 0 Å². The number of piperidine rings is 1. The number of hydrogen-bond acceptors (Lipinski definition) is 6. The first-order chi connectivity index (χ1) is 12.8. The zero-order chi connectivity index (χ0) is 19.6. The SMILES string of the molecule is C[C@@H]1CCCN(c2ccc(C(=O)O[C@@H](C)C(=O)NC3CC3)cc2[N+](=O)[O-])C1. The number of hydrogen-bond donors (Lipinski definition) is 1. The van der Waals surface area contributed by atoms with E-state index in [0.29, 0.717) is 11.6 Å². The van der Waals surface area contributed by atoms with E-state index in [1.807, 2.05) is 4.90 Å². The lowest BCUT2D eigenvalue weighted by molar-refractivity contribution is -0.384. The number of nitrogens with zero attached hydrogens (tertiary/aromatic N) is 2. The molecule has 0 aromatic heterocycles. The number of ether oxygens (including phenoxy) is 1. The van der Waals surface area contributed by atoms with Crippen molar-refractivity contribution in [3.63, 3.8) is 0 Å². The Hall–Kier alpha value is -2.64. The van der Waals surface area contributed by atoms with E-state index < -0.39 is 17.0 Å². The Morgan fingerprint density at radius 1 is 1.33 bits per heavy atom. The van der Waals surface area contributed by atoms with E-state index in [1.165, 1.54) is 19.1 Å². The van der Waals surface area contributed by atoms with Crippen molar-refractivity contribution in [1.29, 1.82) is 0 Å². The molecule has 1 aromatic carbocycles. The van der Waals surface area contributed by atoms with Gasteiger partial charge >= 0.3 is 5.97 Å². The van der Waals surface area contributed by atoms with E-state index in [2.05, 4.69) is 12.2 Å². The highest BCUT2D eigenvalue weighted by Crippen LogP contribution is 2.32. The summed E-state index contributed by atoms with van der Waals surface area (Å²) >= 11 is 0. The second-order valence-corrected chi connectivity index (χ2v) is 7.48. The molecule has 3 rings (SSSR count). The van der Waals surface area contributed by atoms with Gasteiger partial charge in [0.05, 0.1) is 10.5 Å². The summed E-state index contributed by atoms with van der Waals surface area (Å²) in [6.45, 7) is 5.13. The number of amides is 1. The normalized spacial score (nSPS) is 20.7. The second-order valence-electron chi connectivity index (χ2n) is 7.48. The van der Waals surface area contributed by atoms with Gasteiger partial charge in [-0.3, -0.25) is 14.9 Å². The average molecular weight is 375 g/mol. The number of rotatable bonds is 6. The molecule has 1 heterocycles. The smallest absolute Gasteiger partial charge is 0.339 e. The molecule has 0 unspecified atom stereocenters. The number of anilines is 1. The molecule has 1 aromatic rings. The lowest BCUT2D eigenvalue weighted by Gasteiger charge is -2.32. The van der Waals surface area contributed by atoms with Crippen molar-refractivity contribution in [2.75, 3.05) is 18.0 Å². The van der Waals surface area contributed by atoms with Gasteiger partial charge in [0.15, 0.2) is 6.10 Å². The van der Waals surface area contributed by atoms with E-state index in [9.17, 15) is 19.7 Å². The van der Waals surface area contributed by atoms with Gasteiger partial charge in [-0.2, -0.15) is 0 Å². The lowest BCUT2D eigenvalue weighted by Crippen LogP contribution is -2.37. The number of carbonyl (C=O) groups is 2. The van der Waals surface area contributed by atoms with Crippen LogP contribution in [0.4, 0.5) is 11.4 Å². The molecule has 0 spiro atoms. The van der Waals surface area contributed by atoms with Crippen molar-refractivity contribution in [3.05, 3.63) is 33.9 Å². The molecule has 1 saturated heterocycles. The predicted molar refractivity (Wildman–Crippen MR) is 99.7 cm³/mol. The maximum absolute atomic E-state index is 12.3. The largest absolute Gasteiger partial charge is 0.449 e. The number of esters is 1. The van der Waals surface area contributed by atoms with E-state index in [1.54, 1.807) is 6.07 Å². The number of nitrogens with one attached hydrogen (secondary N) is 1. The minimum atomic E-state index is -0.945. The van der Waals surface area contributed by atoms with Crippen LogP contribution in [0, 0.1) is 16.0 Å². The van der Waals surface area contributed by atoms with Crippen LogP contribution in [-0.2, 0) is 9.53 Å². The molecule has 8 heteroatoms. The van der Waals surface area contributed by atoms with Crippen molar-refractivity contribution in [2.45, 2.75) is 51.7 Å². The minimum absolute atomic E-state index is 0.0709. The van der Waals surface area contributed by atoms with Gasteiger partial charge in [0.1, 0.15) is 5.69 Å². The van der Waals surface area contributed by atoms with Crippen LogP contribution in [0.2, 0.25) is 0 Å². The fourth-order valence-corrected chi connectivity index (χ4v) is 3.30. The number of benzene rings is 1. The molecule has 0 radical (unpaired) electrons. The Morgan fingerprint density at radius 2 is 2.07 bits per heavy atom. The molecule has 1 aliphatic carbocycles. The lowest BCUT2D eigenvalue weighted by atomic mass is 9.99. The molecule has 1 aliphatic heterocycles. The van der Waals surface area contributed by atoms with Crippen LogP contribution in [0.3, 0.4) is 0 Å². The third-order valence-corrected chi connectivity index (χ3v) is 4.98. The van der Waals surface area contributed by atoms with Crippen LogP contribution in [0.5, 0.6) is 0 Å². The third kappa shape index (κ3) is 4.75. The van der Waals surface area contributed by atoms with E-state index in [0.717, 1.165) is 38.8 Å². The van der Waals surface area contributed by atoms with Crippen molar-refractivity contribution in [2.24, 2.45) is 5.92 Å². The van der Waals surface area contributed by atoms with E-state index >= 15 is 0 Å². The van der Waals surface area contributed by atoms with Crippen molar-refractivity contribution in [3.8, 4) is 0 Å². The first kappa shape index (κ1) is 19.1. The molecule has 8 nitrogen and oxygen atoms in total.